The maximum absolute atomic E-state index is 11.8. The second-order valence-corrected chi connectivity index (χ2v) is 5.31. The van der Waals surface area contributed by atoms with E-state index in [2.05, 4.69) is 10.0 Å². The van der Waals surface area contributed by atoms with Crippen LogP contribution in [0.5, 0.6) is 0 Å². The Kier molecular flexibility index (Phi) is 5.39. The zero-order valence-corrected chi connectivity index (χ0v) is 11.5. The molecular formula is C14H19N3O2. The van der Waals surface area contributed by atoms with Gasteiger partial charge in [-0.05, 0) is 37.8 Å². The molecule has 0 aliphatic carbocycles. The van der Waals surface area contributed by atoms with Crippen molar-refractivity contribution >= 4 is 5.97 Å². The standard InChI is InChI=1S/C14H19N3O2/c1-14(2,3)19-13(18)9-12(10-16-17-15)11-7-5-4-6-8-11/h4-8,12H,9-10H2,1-3H3/t12-/m1/s1. The maximum Gasteiger partial charge on any atom is 0.306 e. The van der Waals surface area contributed by atoms with Crippen molar-refractivity contribution in [2.45, 2.75) is 38.7 Å². The molecule has 0 aliphatic heterocycles. The molecule has 0 fully saturated rings. The summed E-state index contributed by atoms with van der Waals surface area (Å²) >= 11 is 0. The topological polar surface area (TPSA) is 75.1 Å². The van der Waals surface area contributed by atoms with Crippen LogP contribution in [0.2, 0.25) is 0 Å². The third-order valence-corrected chi connectivity index (χ3v) is 2.47. The van der Waals surface area contributed by atoms with Gasteiger partial charge in [0.25, 0.3) is 0 Å². The number of nitrogens with zero attached hydrogens (tertiary/aromatic N) is 3. The number of carbonyl (C=O) groups excluding carboxylic acids is 1. The van der Waals surface area contributed by atoms with Crippen molar-refractivity contribution in [3.8, 4) is 0 Å². The summed E-state index contributed by atoms with van der Waals surface area (Å²) in [6.45, 7) is 5.74. The van der Waals surface area contributed by atoms with Gasteiger partial charge in [0.05, 0.1) is 6.42 Å². The van der Waals surface area contributed by atoms with E-state index in [0.29, 0.717) is 0 Å². The zero-order chi connectivity index (χ0) is 14.3. The van der Waals surface area contributed by atoms with Crippen molar-refractivity contribution in [2.24, 2.45) is 5.11 Å². The molecule has 0 aliphatic rings. The van der Waals surface area contributed by atoms with E-state index in [4.69, 9.17) is 10.3 Å². The second kappa shape index (κ2) is 6.81. The van der Waals surface area contributed by atoms with Crippen molar-refractivity contribution < 1.29 is 9.53 Å². The van der Waals surface area contributed by atoms with Gasteiger partial charge in [-0.2, -0.15) is 0 Å². The summed E-state index contributed by atoms with van der Waals surface area (Å²) in [6, 6.07) is 9.53. The Morgan fingerprint density at radius 2 is 2.00 bits per heavy atom. The van der Waals surface area contributed by atoms with Gasteiger partial charge in [-0.15, -0.1) is 0 Å². The molecule has 102 valence electrons. The number of rotatable bonds is 5. The Bertz CT molecular complexity index is 459. The Morgan fingerprint density at radius 3 is 2.53 bits per heavy atom. The molecule has 1 rings (SSSR count). The van der Waals surface area contributed by atoms with Gasteiger partial charge in [-0.25, -0.2) is 0 Å². The normalized spacial score (nSPS) is 12.4. The summed E-state index contributed by atoms with van der Waals surface area (Å²) in [4.78, 5) is 14.6. The average molecular weight is 261 g/mol. The van der Waals surface area contributed by atoms with Gasteiger partial charge in [0.2, 0.25) is 0 Å². The third kappa shape index (κ3) is 5.93. The van der Waals surface area contributed by atoms with Crippen molar-refractivity contribution in [2.75, 3.05) is 6.54 Å². The average Bonchev–Trinajstić information content (AvgIpc) is 2.33. The SMILES string of the molecule is CC(C)(C)OC(=O)C[C@H](CN=[N+]=[N-])c1ccccc1. The predicted octanol–water partition coefficient (Wildman–Crippen LogP) is 3.81. The van der Waals surface area contributed by atoms with Crippen LogP contribution in [0.4, 0.5) is 0 Å². The zero-order valence-electron chi connectivity index (χ0n) is 11.5. The predicted molar refractivity (Wildman–Crippen MR) is 73.7 cm³/mol. The molecule has 5 heteroatoms. The molecule has 5 nitrogen and oxygen atoms in total. The lowest BCUT2D eigenvalue weighted by atomic mass is 9.96. The highest BCUT2D eigenvalue weighted by Gasteiger charge is 2.21. The van der Waals surface area contributed by atoms with Crippen molar-refractivity contribution in [1.82, 2.24) is 0 Å². The van der Waals surface area contributed by atoms with E-state index < -0.39 is 5.60 Å². The fraction of sp³-hybridized carbons (Fsp3) is 0.500. The number of carbonyl (C=O) groups is 1. The lowest BCUT2D eigenvalue weighted by Gasteiger charge is -2.21. The minimum atomic E-state index is -0.503. The third-order valence-electron chi connectivity index (χ3n) is 2.47. The van der Waals surface area contributed by atoms with Crippen LogP contribution in [-0.4, -0.2) is 18.1 Å². The molecule has 0 bridgehead atoms. The van der Waals surface area contributed by atoms with Crippen LogP contribution in [-0.2, 0) is 9.53 Å². The van der Waals surface area contributed by atoms with Gasteiger partial charge >= 0.3 is 5.97 Å². The van der Waals surface area contributed by atoms with Crippen molar-refractivity contribution in [1.29, 1.82) is 0 Å². The summed E-state index contributed by atoms with van der Waals surface area (Å²) in [5.41, 5.74) is 8.89. The summed E-state index contributed by atoms with van der Waals surface area (Å²) in [7, 11) is 0. The molecule has 0 radical (unpaired) electrons. The Labute approximate surface area is 113 Å². The Morgan fingerprint density at radius 1 is 1.37 bits per heavy atom. The number of hydrogen-bond donors (Lipinski definition) is 0. The highest BCUT2D eigenvalue weighted by molar-refractivity contribution is 5.71. The second-order valence-electron chi connectivity index (χ2n) is 5.31. The number of hydrogen-bond acceptors (Lipinski definition) is 3. The molecular weight excluding hydrogens is 242 g/mol. The first-order valence-electron chi connectivity index (χ1n) is 6.20. The van der Waals surface area contributed by atoms with Crippen LogP contribution in [0, 0.1) is 0 Å². The molecule has 0 heterocycles. The van der Waals surface area contributed by atoms with Crippen molar-refractivity contribution in [3.63, 3.8) is 0 Å². The molecule has 0 aromatic heterocycles. The van der Waals surface area contributed by atoms with E-state index in [1.807, 2.05) is 51.1 Å². The molecule has 0 saturated carbocycles. The molecule has 0 unspecified atom stereocenters. The molecule has 0 saturated heterocycles. The van der Waals surface area contributed by atoms with Gasteiger partial charge in [0, 0.05) is 11.5 Å². The van der Waals surface area contributed by atoms with E-state index in [1.54, 1.807) is 0 Å². The van der Waals surface area contributed by atoms with Crippen molar-refractivity contribution in [3.05, 3.63) is 46.3 Å². The van der Waals surface area contributed by atoms with E-state index >= 15 is 0 Å². The largest absolute Gasteiger partial charge is 0.460 e. The fourth-order valence-corrected chi connectivity index (χ4v) is 1.73. The molecule has 1 aromatic carbocycles. The van der Waals surface area contributed by atoms with E-state index in [0.717, 1.165) is 5.56 Å². The van der Waals surface area contributed by atoms with Crippen LogP contribution in [0.1, 0.15) is 38.7 Å². The van der Waals surface area contributed by atoms with Crippen LogP contribution >= 0.6 is 0 Å². The molecule has 19 heavy (non-hydrogen) atoms. The number of azide groups is 1. The summed E-state index contributed by atoms with van der Waals surface area (Å²) in [6.07, 6.45) is 0.209. The van der Waals surface area contributed by atoms with E-state index in [1.165, 1.54) is 0 Å². The lowest BCUT2D eigenvalue weighted by Crippen LogP contribution is -2.25. The number of ether oxygens (including phenoxy) is 1. The monoisotopic (exact) mass is 261 g/mol. The number of benzene rings is 1. The minimum Gasteiger partial charge on any atom is -0.460 e. The van der Waals surface area contributed by atoms with Gasteiger partial charge in [0.1, 0.15) is 5.60 Å². The molecule has 1 atom stereocenters. The van der Waals surface area contributed by atoms with E-state index in [9.17, 15) is 4.79 Å². The lowest BCUT2D eigenvalue weighted by molar-refractivity contribution is -0.155. The van der Waals surface area contributed by atoms with Gasteiger partial charge in [0.15, 0.2) is 0 Å². The quantitative estimate of drug-likeness (QED) is 0.350. The Balaban J connectivity index is 2.76. The van der Waals surface area contributed by atoms with Gasteiger partial charge in [-0.1, -0.05) is 35.4 Å². The smallest absolute Gasteiger partial charge is 0.306 e. The molecule has 0 spiro atoms. The van der Waals surface area contributed by atoms with Crippen LogP contribution in [0.25, 0.3) is 10.4 Å². The first-order chi connectivity index (χ1) is 8.92. The summed E-state index contributed by atoms with van der Waals surface area (Å²) in [5.74, 6) is -0.429. The molecule has 0 amide bonds. The summed E-state index contributed by atoms with van der Waals surface area (Å²) in [5, 5.41) is 3.57. The maximum atomic E-state index is 11.8. The van der Waals surface area contributed by atoms with E-state index in [-0.39, 0.29) is 24.9 Å². The minimum absolute atomic E-state index is 0.146. The van der Waals surface area contributed by atoms with Crippen LogP contribution in [0.15, 0.2) is 35.4 Å². The number of esters is 1. The molecule has 1 aromatic rings. The first kappa shape index (κ1) is 15.1. The Hall–Kier alpha value is -2.00. The highest BCUT2D eigenvalue weighted by atomic mass is 16.6. The first-order valence-corrected chi connectivity index (χ1v) is 6.20. The summed E-state index contributed by atoms with van der Waals surface area (Å²) < 4.78 is 5.30. The molecule has 0 N–H and O–H groups in total. The van der Waals surface area contributed by atoms with Crippen LogP contribution in [0.3, 0.4) is 0 Å². The van der Waals surface area contributed by atoms with Crippen LogP contribution < -0.4 is 0 Å². The highest BCUT2D eigenvalue weighted by Crippen LogP contribution is 2.22. The van der Waals surface area contributed by atoms with Gasteiger partial charge in [-0.3, -0.25) is 4.79 Å². The van der Waals surface area contributed by atoms with Gasteiger partial charge < -0.3 is 4.74 Å². The fourth-order valence-electron chi connectivity index (χ4n) is 1.73.